The van der Waals surface area contributed by atoms with Gasteiger partial charge in [-0.1, -0.05) is 23.9 Å². The van der Waals surface area contributed by atoms with Gasteiger partial charge in [-0.2, -0.15) is 0 Å². The van der Waals surface area contributed by atoms with Gasteiger partial charge in [0.15, 0.2) is 11.5 Å². The van der Waals surface area contributed by atoms with Gasteiger partial charge in [0.05, 0.1) is 0 Å². The first kappa shape index (κ1) is 21.3. The molecule has 0 radical (unpaired) electrons. The molecule has 2 saturated heterocycles. The molecule has 3 aliphatic rings. The van der Waals surface area contributed by atoms with Crippen molar-refractivity contribution in [1.29, 1.82) is 0 Å². The fourth-order valence-corrected chi connectivity index (χ4v) is 5.89. The van der Waals surface area contributed by atoms with Crippen molar-refractivity contribution in [1.82, 2.24) is 25.1 Å². The van der Waals surface area contributed by atoms with Crippen LogP contribution in [-0.2, 0) is 12.8 Å². The van der Waals surface area contributed by atoms with E-state index in [0.29, 0.717) is 0 Å². The van der Waals surface area contributed by atoms with Crippen LogP contribution in [0.2, 0.25) is 0 Å². The second kappa shape index (κ2) is 8.83. The largest absolute Gasteiger partial charge is 0.490 e. The van der Waals surface area contributed by atoms with Gasteiger partial charge in [-0.3, -0.25) is 4.79 Å². The summed E-state index contributed by atoms with van der Waals surface area (Å²) < 4.78 is 18.8. The molecule has 9 nitrogen and oxygen atoms in total. The van der Waals surface area contributed by atoms with Gasteiger partial charge in [0.2, 0.25) is 11.9 Å². The molecular formula is C24H25N5O4S. The van der Waals surface area contributed by atoms with Crippen LogP contribution < -0.4 is 14.2 Å². The van der Waals surface area contributed by atoms with Crippen LogP contribution in [0.15, 0.2) is 47.6 Å². The van der Waals surface area contributed by atoms with Crippen molar-refractivity contribution < 1.29 is 19.0 Å². The van der Waals surface area contributed by atoms with Crippen LogP contribution in [0.25, 0.3) is 0 Å². The molecule has 2 fully saturated rings. The minimum Gasteiger partial charge on any atom is -0.490 e. The van der Waals surface area contributed by atoms with E-state index in [-0.39, 0.29) is 30.9 Å². The number of aryl methyl sites for hydroxylation is 1. The number of hydrogen-bond acceptors (Lipinski definition) is 8. The molecule has 0 spiro atoms. The monoisotopic (exact) mass is 479 g/mol. The zero-order valence-corrected chi connectivity index (χ0v) is 19.6. The van der Waals surface area contributed by atoms with Gasteiger partial charge in [0.1, 0.15) is 11.9 Å². The van der Waals surface area contributed by atoms with Crippen molar-refractivity contribution in [3.63, 3.8) is 0 Å². The fraction of sp³-hybridized carbons (Fsp3) is 0.417. The SMILES string of the molecule is Cn1nnnc1SCc1ccc(C(=O)N2C3CCC2CC(Oc2ccc4c(c2)OCO4)C3)cc1. The molecule has 176 valence electrons. The van der Waals surface area contributed by atoms with E-state index < -0.39 is 0 Å². The molecule has 4 heterocycles. The van der Waals surface area contributed by atoms with E-state index in [9.17, 15) is 4.79 Å². The van der Waals surface area contributed by atoms with Gasteiger partial charge in [0.25, 0.3) is 5.91 Å². The normalized spacial score (nSPS) is 22.7. The number of tetrazole rings is 1. The van der Waals surface area contributed by atoms with Crippen LogP contribution >= 0.6 is 11.8 Å². The lowest BCUT2D eigenvalue weighted by Gasteiger charge is -2.39. The van der Waals surface area contributed by atoms with E-state index in [1.54, 1.807) is 16.4 Å². The van der Waals surface area contributed by atoms with E-state index in [2.05, 4.69) is 20.4 Å². The number of rotatable bonds is 6. The molecule has 1 aromatic heterocycles. The number of thioether (sulfide) groups is 1. The molecule has 6 rings (SSSR count). The third-order valence-electron chi connectivity index (χ3n) is 6.72. The van der Waals surface area contributed by atoms with E-state index >= 15 is 0 Å². The number of amides is 1. The fourth-order valence-electron chi connectivity index (χ4n) is 5.08. The molecule has 0 saturated carbocycles. The molecule has 0 aliphatic carbocycles. The number of carbonyl (C=O) groups excluding carboxylic acids is 1. The average Bonchev–Trinajstić information content (AvgIpc) is 3.55. The highest BCUT2D eigenvalue weighted by molar-refractivity contribution is 7.98. The summed E-state index contributed by atoms with van der Waals surface area (Å²) in [4.78, 5) is 15.5. The molecule has 34 heavy (non-hydrogen) atoms. The highest BCUT2D eigenvalue weighted by Crippen LogP contribution is 2.40. The Labute approximate surface area is 201 Å². The predicted octanol–water partition coefficient (Wildman–Crippen LogP) is 3.45. The number of carbonyl (C=O) groups is 1. The molecule has 2 atom stereocenters. The number of fused-ring (bicyclic) bond motifs is 3. The van der Waals surface area contributed by atoms with Gasteiger partial charge in [-0.25, -0.2) is 4.68 Å². The molecule has 10 heteroatoms. The minimum absolute atomic E-state index is 0.0939. The lowest BCUT2D eigenvalue weighted by molar-refractivity contribution is 0.0358. The Morgan fingerprint density at radius 3 is 2.59 bits per heavy atom. The van der Waals surface area contributed by atoms with Crippen molar-refractivity contribution in [2.45, 2.75) is 54.8 Å². The van der Waals surface area contributed by atoms with Crippen molar-refractivity contribution in [3.05, 3.63) is 53.6 Å². The Hall–Kier alpha value is -3.27. The second-order valence-corrected chi connectivity index (χ2v) is 9.84. The van der Waals surface area contributed by atoms with Crippen LogP contribution in [0.5, 0.6) is 17.2 Å². The van der Waals surface area contributed by atoms with Crippen LogP contribution in [-0.4, -0.2) is 56.0 Å². The van der Waals surface area contributed by atoms with E-state index in [0.717, 1.165) is 65.0 Å². The highest BCUT2D eigenvalue weighted by Gasteiger charge is 2.44. The average molecular weight is 480 g/mol. The van der Waals surface area contributed by atoms with Crippen molar-refractivity contribution in [2.75, 3.05) is 6.79 Å². The lowest BCUT2D eigenvalue weighted by atomic mass is 9.98. The number of nitrogens with zero attached hydrogens (tertiary/aromatic N) is 5. The highest BCUT2D eigenvalue weighted by atomic mass is 32.2. The Kier molecular flexibility index (Phi) is 5.52. The second-order valence-electron chi connectivity index (χ2n) is 8.89. The van der Waals surface area contributed by atoms with Crippen molar-refractivity contribution >= 4 is 17.7 Å². The number of piperidine rings is 1. The summed E-state index contributed by atoms with van der Waals surface area (Å²) in [6.45, 7) is 0.252. The van der Waals surface area contributed by atoms with Crippen LogP contribution in [0.3, 0.4) is 0 Å². The third kappa shape index (κ3) is 4.06. The van der Waals surface area contributed by atoms with E-state index in [4.69, 9.17) is 14.2 Å². The van der Waals surface area contributed by atoms with Crippen LogP contribution in [0.1, 0.15) is 41.6 Å². The summed E-state index contributed by atoms with van der Waals surface area (Å²) in [6.07, 6.45) is 3.83. The number of ether oxygens (including phenoxy) is 3. The van der Waals surface area contributed by atoms with Gasteiger partial charge in [0, 0.05) is 49.4 Å². The number of hydrogen-bond donors (Lipinski definition) is 0. The van der Waals surface area contributed by atoms with Crippen molar-refractivity contribution in [2.24, 2.45) is 7.05 Å². The molecule has 3 aliphatic heterocycles. The minimum atomic E-state index is 0.0939. The lowest BCUT2D eigenvalue weighted by Crippen LogP contribution is -2.49. The van der Waals surface area contributed by atoms with Gasteiger partial charge in [-0.15, -0.1) is 5.10 Å². The van der Waals surface area contributed by atoms with Crippen LogP contribution in [0.4, 0.5) is 0 Å². The zero-order valence-electron chi connectivity index (χ0n) is 18.8. The molecular weight excluding hydrogens is 454 g/mol. The maximum atomic E-state index is 13.4. The Balaban J connectivity index is 1.08. The number of aromatic nitrogens is 4. The summed E-state index contributed by atoms with van der Waals surface area (Å²) in [5.41, 5.74) is 1.87. The molecule has 3 aromatic rings. The Morgan fingerprint density at radius 1 is 1.09 bits per heavy atom. The standard InChI is InChI=1S/C24H25N5O4S/c1-28-24(25-26-27-28)34-13-15-2-4-16(5-3-15)23(30)29-17-6-7-18(29)11-20(10-17)33-19-8-9-21-22(12-19)32-14-31-21/h2-5,8-9,12,17-18,20H,6-7,10-11,13-14H2,1H3. The van der Waals surface area contributed by atoms with Gasteiger partial charge in [-0.05, 0) is 53.1 Å². The maximum Gasteiger partial charge on any atom is 0.254 e. The first-order chi connectivity index (χ1) is 16.6. The summed E-state index contributed by atoms with van der Waals surface area (Å²) in [5, 5.41) is 12.3. The predicted molar refractivity (Wildman–Crippen MR) is 124 cm³/mol. The molecule has 2 bridgehead atoms. The Morgan fingerprint density at radius 2 is 1.85 bits per heavy atom. The first-order valence-corrected chi connectivity index (χ1v) is 12.5. The molecule has 2 aromatic carbocycles. The van der Waals surface area contributed by atoms with E-state index in [1.807, 2.05) is 49.5 Å². The maximum absolute atomic E-state index is 13.4. The summed E-state index contributed by atoms with van der Waals surface area (Å²) >= 11 is 1.57. The molecule has 0 N–H and O–H groups in total. The third-order valence-corrected chi connectivity index (χ3v) is 7.80. The topological polar surface area (TPSA) is 91.6 Å². The summed E-state index contributed by atoms with van der Waals surface area (Å²) in [5.74, 6) is 3.13. The molecule has 2 unspecified atom stereocenters. The summed E-state index contributed by atoms with van der Waals surface area (Å²) in [7, 11) is 1.82. The van der Waals surface area contributed by atoms with Crippen LogP contribution in [0, 0.1) is 0 Å². The zero-order chi connectivity index (χ0) is 23.1. The number of benzene rings is 2. The first-order valence-electron chi connectivity index (χ1n) is 11.5. The van der Waals surface area contributed by atoms with Gasteiger partial charge >= 0.3 is 0 Å². The van der Waals surface area contributed by atoms with Gasteiger partial charge < -0.3 is 19.1 Å². The molecule has 1 amide bonds. The summed E-state index contributed by atoms with van der Waals surface area (Å²) in [6, 6.07) is 14.0. The quantitative estimate of drug-likeness (QED) is 0.497. The van der Waals surface area contributed by atoms with Crippen molar-refractivity contribution in [3.8, 4) is 17.2 Å². The van der Waals surface area contributed by atoms with E-state index in [1.165, 1.54) is 0 Å². The Bertz CT molecular complexity index is 1190. The smallest absolute Gasteiger partial charge is 0.254 e.